The van der Waals surface area contributed by atoms with Crippen LogP contribution in [-0.4, -0.2) is 60.4 Å². The molecule has 6 nitrogen and oxygen atoms in total. The zero-order valence-electron chi connectivity index (χ0n) is 13.5. The maximum atomic E-state index is 13.9. The van der Waals surface area contributed by atoms with Gasteiger partial charge in [0.15, 0.2) is 11.6 Å². The first-order valence-electron chi connectivity index (χ1n) is 7.53. The highest BCUT2D eigenvalue weighted by Gasteiger charge is 2.26. The van der Waals surface area contributed by atoms with Crippen molar-refractivity contribution in [3.8, 4) is 17.0 Å². The van der Waals surface area contributed by atoms with E-state index in [1.807, 2.05) is 0 Å². The lowest BCUT2D eigenvalue weighted by Gasteiger charge is -2.20. The molecular formula is C16H20FN5O. The molecule has 1 aliphatic rings. The highest BCUT2D eigenvalue weighted by Crippen LogP contribution is 2.25. The highest BCUT2D eigenvalue weighted by molar-refractivity contribution is 5.60. The molecule has 0 aliphatic carbocycles. The molecule has 1 fully saturated rings. The summed E-state index contributed by atoms with van der Waals surface area (Å²) in [5.41, 5.74) is 1.26. The van der Waals surface area contributed by atoms with E-state index in [0.717, 1.165) is 19.5 Å². The van der Waals surface area contributed by atoms with Gasteiger partial charge in [-0.1, -0.05) is 0 Å². The molecule has 0 amide bonds. The number of halogens is 1. The van der Waals surface area contributed by atoms with E-state index in [2.05, 4.69) is 39.1 Å². The Balaban J connectivity index is 1.84. The molecule has 0 N–H and O–H groups in total. The van der Waals surface area contributed by atoms with Crippen LogP contribution in [0.25, 0.3) is 11.3 Å². The number of rotatable bonds is 4. The molecule has 3 rings (SSSR count). The number of likely N-dealkylation sites (N-methyl/N-ethyl adjacent to an activating group) is 1. The second-order valence-corrected chi connectivity index (χ2v) is 5.84. The molecule has 1 aromatic heterocycles. The fourth-order valence-corrected chi connectivity index (χ4v) is 2.74. The van der Waals surface area contributed by atoms with E-state index >= 15 is 0 Å². The van der Waals surface area contributed by atoms with Gasteiger partial charge >= 0.3 is 0 Å². The Hall–Kier alpha value is -2.28. The molecule has 122 valence electrons. The molecule has 1 saturated heterocycles. The van der Waals surface area contributed by atoms with Crippen molar-refractivity contribution in [3.05, 3.63) is 30.2 Å². The number of hydrogen-bond donors (Lipinski definition) is 0. The SMILES string of the molecule is COc1ccc(-c2cnnc(N3CCC(N(C)C)C3)n2)cc1F. The predicted octanol–water partition coefficient (Wildman–Crippen LogP) is 1.83. The molecule has 1 aromatic carbocycles. The van der Waals surface area contributed by atoms with Crippen LogP contribution in [0, 0.1) is 5.82 Å². The fraction of sp³-hybridized carbons (Fsp3) is 0.438. The molecular weight excluding hydrogens is 297 g/mol. The quantitative estimate of drug-likeness (QED) is 0.857. The number of anilines is 1. The Morgan fingerprint density at radius 1 is 1.35 bits per heavy atom. The minimum absolute atomic E-state index is 0.212. The van der Waals surface area contributed by atoms with Crippen LogP contribution < -0.4 is 9.64 Å². The van der Waals surface area contributed by atoms with Crippen LogP contribution in [0.4, 0.5) is 10.3 Å². The number of benzene rings is 1. The Labute approximate surface area is 134 Å². The van der Waals surface area contributed by atoms with Gasteiger partial charge in [-0.2, -0.15) is 5.10 Å². The van der Waals surface area contributed by atoms with Crippen LogP contribution in [0.1, 0.15) is 6.42 Å². The van der Waals surface area contributed by atoms with Crippen molar-refractivity contribution in [2.24, 2.45) is 0 Å². The predicted molar refractivity (Wildman–Crippen MR) is 86.1 cm³/mol. The van der Waals surface area contributed by atoms with Crippen molar-refractivity contribution in [1.82, 2.24) is 20.1 Å². The first-order valence-corrected chi connectivity index (χ1v) is 7.53. The minimum Gasteiger partial charge on any atom is -0.494 e. The lowest BCUT2D eigenvalue weighted by molar-refractivity contribution is 0.315. The Morgan fingerprint density at radius 2 is 2.17 bits per heavy atom. The first-order chi connectivity index (χ1) is 11.1. The molecule has 2 aromatic rings. The van der Waals surface area contributed by atoms with Crippen molar-refractivity contribution in [1.29, 1.82) is 0 Å². The van der Waals surface area contributed by atoms with Crippen molar-refractivity contribution < 1.29 is 9.13 Å². The lowest BCUT2D eigenvalue weighted by Crippen LogP contribution is -2.32. The molecule has 0 spiro atoms. The van der Waals surface area contributed by atoms with Gasteiger partial charge in [-0.25, -0.2) is 9.37 Å². The van der Waals surface area contributed by atoms with E-state index in [0.29, 0.717) is 23.2 Å². The summed E-state index contributed by atoms with van der Waals surface area (Å²) in [4.78, 5) is 8.86. The van der Waals surface area contributed by atoms with Gasteiger partial charge in [0.2, 0.25) is 5.95 Å². The van der Waals surface area contributed by atoms with E-state index in [4.69, 9.17) is 4.74 Å². The van der Waals surface area contributed by atoms with Gasteiger partial charge in [0.25, 0.3) is 0 Å². The van der Waals surface area contributed by atoms with Crippen LogP contribution in [0.5, 0.6) is 5.75 Å². The van der Waals surface area contributed by atoms with E-state index in [1.54, 1.807) is 18.3 Å². The Morgan fingerprint density at radius 3 is 2.83 bits per heavy atom. The zero-order valence-corrected chi connectivity index (χ0v) is 13.5. The van der Waals surface area contributed by atoms with Crippen molar-refractivity contribution in [2.75, 3.05) is 39.2 Å². The third-order valence-corrected chi connectivity index (χ3v) is 4.17. The van der Waals surface area contributed by atoms with Gasteiger partial charge in [-0.3, -0.25) is 0 Å². The van der Waals surface area contributed by atoms with Crippen molar-refractivity contribution in [2.45, 2.75) is 12.5 Å². The molecule has 1 unspecified atom stereocenters. The summed E-state index contributed by atoms with van der Waals surface area (Å²) in [6, 6.07) is 5.24. The number of hydrogen-bond acceptors (Lipinski definition) is 6. The number of aromatic nitrogens is 3. The third kappa shape index (κ3) is 3.24. The van der Waals surface area contributed by atoms with Crippen molar-refractivity contribution in [3.63, 3.8) is 0 Å². The normalized spacial score (nSPS) is 17.8. The van der Waals surface area contributed by atoms with E-state index in [1.165, 1.54) is 13.2 Å². The number of ether oxygens (including phenoxy) is 1. The Kier molecular flexibility index (Phi) is 4.38. The fourth-order valence-electron chi connectivity index (χ4n) is 2.74. The summed E-state index contributed by atoms with van der Waals surface area (Å²) in [5, 5.41) is 8.15. The molecule has 23 heavy (non-hydrogen) atoms. The number of nitrogens with zero attached hydrogens (tertiary/aromatic N) is 5. The summed E-state index contributed by atoms with van der Waals surface area (Å²) in [7, 11) is 5.59. The summed E-state index contributed by atoms with van der Waals surface area (Å²) < 4.78 is 18.8. The first kappa shape index (κ1) is 15.6. The summed E-state index contributed by atoms with van der Waals surface area (Å²) >= 11 is 0. The highest BCUT2D eigenvalue weighted by atomic mass is 19.1. The van der Waals surface area contributed by atoms with Gasteiger partial charge < -0.3 is 14.5 Å². The van der Waals surface area contributed by atoms with Crippen molar-refractivity contribution >= 4 is 5.95 Å². The van der Waals surface area contributed by atoms with E-state index < -0.39 is 5.82 Å². The van der Waals surface area contributed by atoms with Crippen LogP contribution in [0.2, 0.25) is 0 Å². The summed E-state index contributed by atoms with van der Waals surface area (Å²) in [5.74, 6) is 0.381. The van der Waals surface area contributed by atoms with Gasteiger partial charge in [0.1, 0.15) is 0 Å². The average molecular weight is 317 g/mol. The summed E-state index contributed by atoms with van der Waals surface area (Å²) in [6.07, 6.45) is 2.61. The smallest absolute Gasteiger partial charge is 0.245 e. The van der Waals surface area contributed by atoms with Crippen LogP contribution in [0.3, 0.4) is 0 Å². The van der Waals surface area contributed by atoms with Gasteiger partial charge in [0.05, 0.1) is 19.0 Å². The topological polar surface area (TPSA) is 54.4 Å². The van der Waals surface area contributed by atoms with Gasteiger partial charge in [-0.05, 0) is 38.7 Å². The summed E-state index contributed by atoms with van der Waals surface area (Å²) in [6.45, 7) is 1.76. The zero-order chi connectivity index (χ0) is 16.4. The molecule has 0 saturated carbocycles. The lowest BCUT2D eigenvalue weighted by atomic mass is 10.1. The Bertz CT molecular complexity index is 694. The number of methoxy groups -OCH3 is 1. The van der Waals surface area contributed by atoms with Gasteiger partial charge in [0, 0.05) is 24.7 Å². The molecule has 1 aliphatic heterocycles. The largest absolute Gasteiger partial charge is 0.494 e. The molecule has 2 heterocycles. The van der Waals surface area contributed by atoms with E-state index in [9.17, 15) is 4.39 Å². The average Bonchev–Trinajstić information content (AvgIpc) is 3.05. The maximum Gasteiger partial charge on any atom is 0.245 e. The standard InChI is InChI=1S/C16H20FN5O/c1-21(2)12-6-7-22(10-12)16-19-14(9-18-20-16)11-4-5-15(23-3)13(17)8-11/h4-5,8-9,12H,6-7,10H2,1-3H3. The van der Waals surface area contributed by atoms with E-state index in [-0.39, 0.29) is 5.75 Å². The second-order valence-electron chi connectivity index (χ2n) is 5.84. The minimum atomic E-state index is -0.418. The van der Waals surface area contributed by atoms with Gasteiger partial charge in [-0.15, -0.1) is 5.10 Å². The van der Waals surface area contributed by atoms with Crippen LogP contribution in [-0.2, 0) is 0 Å². The second kappa shape index (κ2) is 6.45. The molecule has 7 heteroatoms. The molecule has 0 bridgehead atoms. The molecule has 0 radical (unpaired) electrons. The van der Waals surface area contributed by atoms with Crippen LogP contribution >= 0.6 is 0 Å². The third-order valence-electron chi connectivity index (χ3n) is 4.17. The maximum absolute atomic E-state index is 13.9. The van der Waals surface area contributed by atoms with Crippen LogP contribution in [0.15, 0.2) is 24.4 Å². The monoisotopic (exact) mass is 317 g/mol. The molecule has 1 atom stereocenters.